The normalized spacial score (nSPS) is 15.1. The van der Waals surface area contributed by atoms with Gasteiger partial charge < -0.3 is 10.2 Å². The summed E-state index contributed by atoms with van der Waals surface area (Å²) in [7, 11) is -1.36. The van der Waals surface area contributed by atoms with Gasteiger partial charge in [0.2, 0.25) is 11.8 Å². The third-order valence-corrected chi connectivity index (χ3v) is 8.26. The van der Waals surface area contributed by atoms with Crippen LogP contribution in [0.15, 0.2) is 48.5 Å². The van der Waals surface area contributed by atoms with E-state index in [-0.39, 0.29) is 24.2 Å². The van der Waals surface area contributed by atoms with Crippen LogP contribution in [0.4, 0.5) is 10.1 Å². The molecule has 1 saturated carbocycles. The van der Waals surface area contributed by atoms with Crippen LogP contribution in [0, 0.1) is 12.7 Å². The molecule has 0 aromatic heterocycles. The molecule has 3 rings (SSSR count). The number of hydrogen-bond acceptors (Lipinski definition) is 4. The number of carbonyl (C=O) groups is 2. The van der Waals surface area contributed by atoms with E-state index in [4.69, 9.17) is 0 Å². The Kier molecular flexibility index (Phi) is 9.08. The minimum atomic E-state index is -4.08. The van der Waals surface area contributed by atoms with Gasteiger partial charge in [-0.3, -0.25) is 9.59 Å². The van der Waals surface area contributed by atoms with Crippen LogP contribution in [-0.4, -0.2) is 62.2 Å². The lowest BCUT2D eigenvalue weighted by molar-refractivity contribution is -0.139. The lowest BCUT2D eigenvalue weighted by atomic mass is 10.1. The first-order chi connectivity index (χ1) is 17.0. The van der Waals surface area contributed by atoms with Crippen molar-refractivity contribution in [2.24, 2.45) is 0 Å². The molecule has 1 atom stereocenters. The fourth-order valence-electron chi connectivity index (χ4n) is 4.31. The monoisotopic (exact) mass is 518 g/mol. The van der Waals surface area contributed by atoms with Crippen molar-refractivity contribution in [1.29, 1.82) is 0 Å². The molecule has 1 fully saturated rings. The molecule has 0 spiro atoms. The average molecular weight is 519 g/mol. The molecule has 10 heteroatoms. The number of nitrogens with one attached hydrogen (secondary N) is 1. The van der Waals surface area contributed by atoms with Crippen LogP contribution in [-0.2, 0) is 26.3 Å². The van der Waals surface area contributed by atoms with Gasteiger partial charge in [-0.15, -0.1) is 0 Å². The van der Waals surface area contributed by atoms with E-state index in [0.717, 1.165) is 57.6 Å². The molecule has 0 aliphatic heterocycles. The highest BCUT2D eigenvalue weighted by atomic mass is 32.2. The third-order valence-electron chi connectivity index (χ3n) is 6.44. The molecule has 0 radical (unpaired) electrons. The fourth-order valence-corrected chi connectivity index (χ4v) is 5.36. The number of benzene rings is 2. The van der Waals surface area contributed by atoms with E-state index in [1.54, 1.807) is 6.92 Å². The first-order valence-corrected chi connectivity index (χ1v) is 13.5. The zero-order valence-electron chi connectivity index (χ0n) is 21.3. The van der Waals surface area contributed by atoms with Crippen molar-refractivity contribution in [3.05, 3.63) is 65.5 Å². The molecule has 8 nitrogen and oxygen atoms in total. The maximum absolute atomic E-state index is 13.7. The van der Waals surface area contributed by atoms with Crippen molar-refractivity contribution in [1.82, 2.24) is 14.5 Å². The van der Waals surface area contributed by atoms with Crippen LogP contribution in [0.25, 0.3) is 0 Å². The fraction of sp³-hybridized carbons (Fsp3) is 0.462. The van der Waals surface area contributed by atoms with E-state index in [0.29, 0.717) is 0 Å². The van der Waals surface area contributed by atoms with Gasteiger partial charge in [-0.2, -0.15) is 12.7 Å². The molecule has 1 aliphatic carbocycles. The Bertz CT molecular complexity index is 1160. The highest BCUT2D eigenvalue weighted by molar-refractivity contribution is 7.90. The minimum absolute atomic E-state index is 0.0840. The highest BCUT2D eigenvalue weighted by Gasteiger charge is 2.33. The van der Waals surface area contributed by atoms with E-state index < -0.39 is 34.5 Å². The number of carbonyl (C=O) groups excluding carboxylic acids is 2. The number of halogens is 1. The average Bonchev–Trinajstić information content (AvgIpc) is 3.34. The van der Waals surface area contributed by atoms with Crippen molar-refractivity contribution in [2.75, 3.05) is 24.9 Å². The van der Waals surface area contributed by atoms with Gasteiger partial charge in [0, 0.05) is 26.7 Å². The van der Waals surface area contributed by atoms with Crippen LogP contribution in [0.3, 0.4) is 0 Å². The van der Waals surface area contributed by atoms with Gasteiger partial charge in [0.05, 0.1) is 5.69 Å². The Hall–Kier alpha value is -2.98. The summed E-state index contributed by atoms with van der Waals surface area (Å²) in [6.45, 7) is 3.19. The third kappa shape index (κ3) is 6.82. The summed E-state index contributed by atoms with van der Waals surface area (Å²) in [5, 5.41) is 3.04. The first-order valence-electron chi connectivity index (χ1n) is 12.1. The molecule has 2 aromatic carbocycles. The van der Waals surface area contributed by atoms with Gasteiger partial charge in [0.15, 0.2) is 0 Å². The van der Waals surface area contributed by atoms with Crippen LogP contribution in [0.5, 0.6) is 0 Å². The summed E-state index contributed by atoms with van der Waals surface area (Å²) in [5.74, 6) is -1.34. The quantitative estimate of drug-likeness (QED) is 0.523. The van der Waals surface area contributed by atoms with Crippen LogP contribution >= 0.6 is 0 Å². The maximum Gasteiger partial charge on any atom is 0.304 e. The number of amides is 2. The van der Waals surface area contributed by atoms with Gasteiger partial charge in [0.25, 0.3) is 0 Å². The molecular formula is C26H35FN4O4S. The van der Waals surface area contributed by atoms with E-state index in [9.17, 15) is 22.4 Å². The molecular weight excluding hydrogens is 483 g/mol. The van der Waals surface area contributed by atoms with Crippen molar-refractivity contribution < 1.29 is 22.4 Å². The Balaban J connectivity index is 1.92. The summed E-state index contributed by atoms with van der Waals surface area (Å²) in [6.07, 6.45) is 3.92. The van der Waals surface area contributed by atoms with Gasteiger partial charge in [0.1, 0.15) is 18.4 Å². The Morgan fingerprint density at radius 3 is 2.31 bits per heavy atom. The molecule has 2 amide bonds. The Labute approximate surface area is 213 Å². The molecule has 1 N–H and O–H groups in total. The number of rotatable bonds is 10. The summed E-state index contributed by atoms with van der Waals surface area (Å²) < 4.78 is 41.7. The highest BCUT2D eigenvalue weighted by Crippen LogP contribution is 2.22. The second-order valence-corrected chi connectivity index (χ2v) is 11.5. The SMILES string of the molecule is Cc1cccc(CN(C(=O)CN(c2ccc(F)cc2)S(=O)(=O)N(C)C)[C@@H](C)C(=O)NC2CCCC2)c1. The smallest absolute Gasteiger partial charge is 0.304 e. The molecule has 196 valence electrons. The van der Waals surface area contributed by atoms with Crippen molar-refractivity contribution in [3.63, 3.8) is 0 Å². The zero-order valence-corrected chi connectivity index (χ0v) is 22.1. The molecule has 0 bridgehead atoms. The second kappa shape index (κ2) is 11.8. The summed E-state index contributed by atoms with van der Waals surface area (Å²) in [5.41, 5.74) is 1.98. The number of nitrogens with zero attached hydrogens (tertiary/aromatic N) is 3. The number of anilines is 1. The lowest BCUT2D eigenvalue weighted by Gasteiger charge is -2.33. The van der Waals surface area contributed by atoms with E-state index in [1.807, 2.05) is 31.2 Å². The van der Waals surface area contributed by atoms with Crippen molar-refractivity contribution >= 4 is 27.7 Å². The molecule has 2 aromatic rings. The number of aryl methyl sites for hydroxylation is 1. The van der Waals surface area contributed by atoms with Crippen molar-refractivity contribution in [2.45, 2.75) is 58.2 Å². The van der Waals surface area contributed by atoms with Gasteiger partial charge in [-0.05, 0) is 56.5 Å². The van der Waals surface area contributed by atoms with Gasteiger partial charge in [-0.1, -0.05) is 42.7 Å². The van der Waals surface area contributed by atoms with Crippen LogP contribution in [0.1, 0.15) is 43.7 Å². The van der Waals surface area contributed by atoms with Gasteiger partial charge in [-0.25, -0.2) is 8.70 Å². The first kappa shape index (κ1) is 27.6. The molecule has 0 saturated heterocycles. The second-order valence-electron chi connectivity index (χ2n) is 9.45. The predicted octanol–water partition coefficient (Wildman–Crippen LogP) is 3.22. The van der Waals surface area contributed by atoms with E-state index >= 15 is 0 Å². The standard InChI is InChI=1S/C26H35FN4O4S/c1-19-8-7-9-21(16-19)17-30(20(2)26(33)28-23-10-5-6-11-23)25(32)18-31(36(34,35)29(3)4)24-14-12-22(27)13-15-24/h7-9,12-16,20,23H,5-6,10-11,17-18H2,1-4H3,(H,28,33)/t20-/m0/s1. The minimum Gasteiger partial charge on any atom is -0.352 e. The molecule has 1 aliphatic rings. The number of hydrogen-bond donors (Lipinski definition) is 1. The van der Waals surface area contributed by atoms with Crippen LogP contribution in [0.2, 0.25) is 0 Å². The Morgan fingerprint density at radius 1 is 1.08 bits per heavy atom. The van der Waals surface area contributed by atoms with Crippen LogP contribution < -0.4 is 9.62 Å². The van der Waals surface area contributed by atoms with E-state index in [1.165, 1.54) is 31.1 Å². The Morgan fingerprint density at radius 2 is 1.72 bits per heavy atom. The summed E-state index contributed by atoms with van der Waals surface area (Å²) >= 11 is 0. The molecule has 36 heavy (non-hydrogen) atoms. The molecule has 0 unspecified atom stereocenters. The van der Waals surface area contributed by atoms with E-state index in [2.05, 4.69) is 5.32 Å². The summed E-state index contributed by atoms with van der Waals surface area (Å²) in [4.78, 5) is 28.2. The predicted molar refractivity (Wildman–Crippen MR) is 138 cm³/mol. The molecule has 0 heterocycles. The zero-order chi connectivity index (χ0) is 26.5. The lowest BCUT2D eigenvalue weighted by Crippen LogP contribution is -2.53. The summed E-state index contributed by atoms with van der Waals surface area (Å²) in [6, 6.07) is 11.8. The topological polar surface area (TPSA) is 90.0 Å². The maximum atomic E-state index is 13.7. The largest absolute Gasteiger partial charge is 0.352 e. The van der Waals surface area contributed by atoms with Gasteiger partial charge >= 0.3 is 10.2 Å². The van der Waals surface area contributed by atoms with Crippen molar-refractivity contribution in [3.8, 4) is 0 Å².